The molecule has 1 atom stereocenters. The highest BCUT2D eigenvalue weighted by Crippen LogP contribution is 2.45. The van der Waals surface area contributed by atoms with Gasteiger partial charge in [-0.25, -0.2) is 4.99 Å². The summed E-state index contributed by atoms with van der Waals surface area (Å²) in [5, 5.41) is 1.29. The SMILES string of the molecule is CCC(CC)c1ccc(Cl)c2c1CC1CCN(c3ccc(C=O)cc3Cl)C1=N2. The first-order valence-electron chi connectivity index (χ1n) is 9.99. The van der Waals surface area contributed by atoms with Gasteiger partial charge in [0.15, 0.2) is 0 Å². The van der Waals surface area contributed by atoms with Gasteiger partial charge in [-0.1, -0.05) is 43.1 Å². The van der Waals surface area contributed by atoms with E-state index in [0.717, 1.165) is 55.7 Å². The Kier molecular flexibility index (Phi) is 5.48. The van der Waals surface area contributed by atoms with Crippen molar-refractivity contribution < 1.29 is 4.79 Å². The molecule has 2 heterocycles. The topological polar surface area (TPSA) is 32.7 Å². The largest absolute Gasteiger partial charge is 0.328 e. The average Bonchev–Trinajstić information content (AvgIpc) is 3.12. The zero-order chi connectivity index (χ0) is 19.8. The van der Waals surface area contributed by atoms with E-state index in [2.05, 4.69) is 24.8 Å². The molecule has 0 aliphatic carbocycles. The van der Waals surface area contributed by atoms with Crippen molar-refractivity contribution in [1.82, 2.24) is 0 Å². The van der Waals surface area contributed by atoms with Crippen molar-refractivity contribution in [3.63, 3.8) is 0 Å². The van der Waals surface area contributed by atoms with E-state index in [0.29, 0.717) is 27.4 Å². The van der Waals surface area contributed by atoms with Gasteiger partial charge in [0.1, 0.15) is 12.1 Å². The lowest BCUT2D eigenvalue weighted by atomic mass is 9.83. The van der Waals surface area contributed by atoms with Gasteiger partial charge in [0.25, 0.3) is 0 Å². The maximum absolute atomic E-state index is 11.0. The monoisotopic (exact) mass is 414 g/mol. The molecule has 5 heteroatoms. The molecular weight excluding hydrogens is 391 g/mol. The van der Waals surface area contributed by atoms with Gasteiger partial charge in [0.05, 0.1) is 21.4 Å². The lowest BCUT2D eigenvalue weighted by Gasteiger charge is -2.29. The van der Waals surface area contributed by atoms with Crippen LogP contribution in [0.2, 0.25) is 10.0 Å². The van der Waals surface area contributed by atoms with E-state index in [1.807, 2.05) is 12.1 Å². The van der Waals surface area contributed by atoms with Crippen LogP contribution in [0, 0.1) is 5.92 Å². The Morgan fingerprint density at radius 3 is 2.64 bits per heavy atom. The fourth-order valence-electron chi connectivity index (χ4n) is 4.58. The number of aldehydes is 1. The van der Waals surface area contributed by atoms with E-state index < -0.39 is 0 Å². The van der Waals surface area contributed by atoms with Crippen LogP contribution in [-0.2, 0) is 6.42 Å². The molecule has 0 aromatic heterocycles. The lowest BCUT2D eigenvalue weighted by molar-refractivity contribution is 0.112. The summed E-state index contributed by atoms with van der Waals surface area (Å²) in [6, 6.07) is 9.61. The molecule has 28 heavy (non-hydrogen) atoms. The van der Waals surface area contributed by atoms with Gasteiger partial charge in [0, 0.05) is 18.0 Å². The number of halogens is 2. The van der Waals surface area contributed by atoms with Gasteiger partial charge < -0.3 is 4.90 Å². The van der Waals surface area contributed by atoms with Crippen molar-refractivity contribution in [2.24, 2.45) is 10.9 Å². The van der Waals surface area contributed by atoms with Gasteiger partial charge in [-0.15, -0.1) is 0 Å². The molecule has 2 aromatic carbocycles. The van der Waals surface area contributed by atoms with Crippen LogP contribution in [0.5, 0.6) is 0 Å². The average molecular weight is 415 g/mol. The second-order valence-electron chi connectivity index (χ2n) is 7.62. The third kappa shape index (κ3) is 3.25. The summed E-state index contributed by atoms with van der Waals surface area (Å²) in [4.78, 5) is 18.2. The number of aliphatic imine (C=N–C) groups is 1. The van der Waals surface area contributed by atoms with Crippen molar-refractivity contribution >= 4 is 46.7 Å². The maximum atomic E-state index is 11.0. The van der Waals surface area contributed by atoms with Gasteiger partial charge in [-0.05, 0) is 67.0 Å². The minimum atomic E-state index is 0.376. The molecule has 2 aromatic rings. The Balaban J connectivity index is 1.78. The number of fused-ring (bicyclic) bond motifs is 2. The summed E-state index contributed by atoms with van der Waals surface area (Å²) in [7, 11) is 0. The molecule has 0 bridgehead atoms. The summed E-state index contributed by atoms with van der Waals surface area (Å²) in [5.74, 6) is 1.96. The van der Waals surface area contributed by atoms with E-state index >= 15 is 0 Å². The second kappa shape index (κ2) is 7.88. The van der Waals surface area contributed by atoms with Crippen LogP contribution in [-0.4, -0.2) is 18.7 Å². The molecular formula is C23H24Cl2N2O. The van der Waals surface area contributed by atoms with Crippen molar-refractivity contribution in [3.8, 4) is 0 Å². The van der Waals surface area contributed by atoms with Crippen LogP contribution < -0.4 is 4.90 Å². The lowest BCUT2D eigenvalue weighted by Crippen LogP contribution is -2.30. The number of carbonyl (C=O) groups is 1. The second-order valence-corrected chi connectivity index (χ2v) is 8.43. The number of anilines is 1. The summed E-state index contributed by atoms with van der Waals surface area (Å²) in [6.45, 7) is 5.36. The number of rotatable bonds is 5. The van der Waals surface area contributed by atoms with E-state index in [4.69, 9.17) is 28.2 Å². The van der Waals surface area contributed by atoms with Gasteiger partial charge >= 0.3 is 0 Å². The predicted octanol–water partition coefficient (Wildman–Crippen LogP) is 6.82. The molecule has 1 fully saturated rings. The predicted molar refractivity (Wildman–Crippen MR) is 118 cm³/mol. The fraction of sp³-hybridized carbons (Fsp3) is 0.391. The van der Waals surface area contributed by atoms with Crippen LogP contribution in [0.3, 0.4) is 0 Å². The molecule has 0 radical (unpaired) electrons. The fourth-order valence-corrected chi connectivity index (χ4v) is 5.09. The normalized spacial score (nSPS) is 18.1. The molecule has 4 rings (SSSR count). The van der Waals surface area contributed by atoms with Crippen LogP contribution >= 0.6 is 23.2 Å². The molecule has 146 valence electrons. The third-order valence-corrected chi connectivity index (χ3v) is 6.72. The van der Waals surface area contributed by atoms with Crippen LogP contribution in [0.4, 0.5) is 11.4 Å². The van der Waals surface area contributed by atoms with E-state index in [1.165, 1.54) is 11.1 Å². The molecule has 3 nitrogen and oxygen atoms in total. The summed E-state index contributed by atoms with van der Waals surface area (Å²) >= 11 is 13.0. The van der Waals surface area contributed by atoms with Crippen molar-refractivity contribution in [2.45, 2.75) is 45.4 Å². The zero-order valence-electron chi connectivity index (χ0n) is 16.2. The zero-order valence-corrected chi connectivity index (χ0v) is 17.7. The summed E-state index contributed by atoms with van der Waals surface area (Å²) in [5.41, 5.74) is 5.13. The highest BCUT2D eigenvalue weighted by Gasteiger charge is 2.36. The first-order chi connectivity index (χ1) is 13.6. The molecule has 2 aliphatic rings. The smallest absolute Gasteiger partial charge is 0.150 e. The Labute approximate surface area is 176 Å². The van der Waals surface area contributed by atoms with Crippen LogP contribution in [0.25, 0.3) is 0 Å². The van der Waals surface area contributed by atoms with Gasteiger partial charge in [0.2, 0.25) is 0 Å². The van der Waals surface area contributed by atoms with Crippen molar-refractivity contribution in [2.75, 3.05) is 11.4 Å². The number of hydrogen-bond acceptors (Lipinski definition) is 3. The first-order valence-corrected chi connectivity index (χ1v) is 10.7. The Hall–Kier alpha value is -1.84. The number of carbonyl (C=O) groups excluding carboxylic acids is 1. The minimum absolute atomic E-state index is 0.376. The summed E-state index contributed by atoms with van der Waals surface area (Å²) in [6.07, 6.45) is 5.07. The first kappa shape index (κ1) is 19.5. The number of amidine groups is 1. The number of benzene rings is 2. The molecule has 1 saturated heterocycles. The Morgan fingerprint density at radius 1 is 1.18 bits per heavy atom. The van der Waals surface area contributed by atoms with Crippen LogP contribution in [0.15, 0.2) is 35.3 Å². The molecule has 0 spiro atoms. The molecule has 2 aliphatic heterocycles. The number of nitrogens with zero attached hydrogens (tertiary/aromatic N) is 2. The quantitative estimate of drug-likeness (QED) is 0.502. The van der Waals surface area contributed by atoms with E-state index in [-0.39, 0.29) is 0 Å². The Bertz CT molecular complexity index is 950. The van der Waals surface area contributed by atoms with E-state index in [9.17, 15) is 4.79 Å². The van der Waals surface area contributed by atoms with Gasteiger partial charge in [-0.3, -0.25) is 4.79 Å². The minimum Gasteiger partial charge on any atom is -0.328 e. The number of hydrogen-bond donors (Lipinski definition) is 0. The standard InChI is InChI=1S/C23H24Cl2N2O/c1-3-15(4-2)17-6-7-19(24)22-18(17)12-16-9-10-27(23(16)26-22)21-8-5-14(13-28)11-20(21)25/h5-8,11,13,15-16H,3-4,9-10,12H2,1-2H3. The van der Waals surface area contributed by atoms with E-state index in [1.54, 1.807) is 12.1 Å². The molecule has 0 N–H and O–H groups in total. The Morgan fingerprint density at radius 2 is 1.96 bits per heavy atom. The maximum Gasteiger partial charge on any atom is 0.150 e. The molecule has 1 unspecified atom stereocenters. The van der Waals surface area contributed by atoms with Crippen molar-refractivity contribution in [1.29, 1.82) is 0 Å². The molecule has 0 amide bonds. The third-order valence-electron chi connectivity index (χ3n) is 6.11. The van der Waals surface area contributed by atoms with Crippen LogP contribution in [0.1, 0.15) is 60.5 Å². The highest BCUT2D eigenvalue weighted by atomic mass is 35.5. The highest BCUT2D eigenvalue weighted by molar-refractivity contribution is 6.35. The summed E-state index contributed by atoms with van der Waals surface area (Å²) < 4.78 is 0. The van der Waals surface area contributed by atoms with Crippen molar-refractivity contribution in [3.05, 3.63) is 57.1 Å². The van der Waals surface area contributed by atoms with Gasteiger partial charge in [-0.2, -0.15) is 0 Å². The molecule has 0 saturated carbocycles.